The predicted octanol–water partition coefficient (Wildman–Crippen LogP) is 21.1. The minimum Gasteiger partial charge on any atom is -0.462 e. The second kappa shape index (κ2) is 59.5. The Morgan fingerprint density at radius 2 is 0.514 bits per heavy atom. The maximum absolute atomic E-state index is 12.9. The molecule has 0 amide bonds. The lowest BCUT2D eigenvalue weighted by molar-refractivity contribution is -0.167. The number of esters is 3. The van der Waals surface area contributed by atoms with Gasteiger partial charge < -0.3 is 14.2 Å². The lowest BCUT2D eigenvalue weighted by Crippen LogP contribution is -2.30. The van der Waals surface area contributed by atoms with Crippen LogP contribution in [0.15, 0.2) is 24.3 Å². The van der Waals surface area contributed by atoms with Crippen LogP contribution in [0.3, 0.4) is 0 Å². The molecule has 0 aliphatic rings. The first kappa shape index (κ1) is 67.9. The van der Waals surface area contributed by atoms with Crippen LogP contribution < -0.4 is 0 Å². The standard InChI is InChI=1S/C64H120O6/c1-4-7-10-13-16-19-21-23-25-27-29-30-31-32-33-34-36-37-39-41-43-45-48-51-54-57-63(66)69-60-61(59-68-62(65)56-53-50-47-18-15-12-9-6-3)70-64(67)58-55-52-49-46-44-42-40-38-35-28-26-24-22-20-17-14-11-8-5-2/h21,23,27,29,61H,4-20,22,24-26,28,30-60H2,1-3H3/b23-21-,29-27-. The largest absolute Gasteiger partial charge is 0.462 e. The summed E-state index contributed by atoms with van der Waals surface area (Å²) < 4.78 is 16.9. The predicted molar refractivity (Wildman–Crippen MR) is 303 cm³/mol. The Morgan fingerprint density at radius 3 is 0.786 bits per heavy atom. The van der Waals surface area contributed by atoms with Crippen molar-refractivity contribution in [3.8, 4) is 0 Å². The molecule has 70 heavy (non-hydrogen) atoms. The number of ether oxygens (including phenoxy) is 3. The van der Waals surface area contributed by atoms with Gasteiger partial charge in [-0.25, -0.2) is 0 Å². The van der Waals surface area contributed by atoms with E-state index in [2.05, 4.69) is 45.1 Å². The Morgan fingerprint density at radius 1 is 0.286 bits per heavy atom. The van der Waals surface area contributed by atoms with Gasteiger partial charge in [-0.05, 0) is 51.4 Å². The summed E-state index contributed by atoms with van der Waals surface area (Å²) in [6.07, 6.45) is 70.6. The summed E-state index contributed by atoms with van der Waals surface area (Å²) in [6.45, 7) is 6.66. The van der Waals surface area contributed by atoms with E-state index in [0.717, 1.165) is 64.2 Å². The van der Waals surface area contributed by atoms with Crippen LogP contribution in [0.1, 0.15) is 348 Å². The van der Waals surface area contributed by atoms with Crippen LogP contribution in [-0.2, 0) is 28.6 Å². The molecule has 0 rings (SSSR count). The van der Waals surface area contributed by atoms with Gasteiger partial charge in [0.25, 0.3) is 0 Å². The molecule has 6 nitrogen and oxygen atoms in total. The van der Waals surface area contributed by atoms with Gasteiger partial charge in [0.1, 0.15) is 13.2 Å². The summed E-state index contributed by atoms with van der Waals surface area (Å²) in [6, 6.07) is 0. The van der Waals surface area contributed by atoms with Crippen LogP contribution in [0.5, 0.6) is 0 Å². The molecule has 1 atom stereocenters. The van der Waals surface area contributed by atoms with Crippen LogP contribution in [0.4, 0.5) is 0 Å². The Hall–Kier alpha value is -2.11. The quantitative estimate of drug-likeness (QED) is 0.0261. The van der Waals surface area contributed by atoms with Gasteiger partial charge in [0, 0.05) is 19.3 Å². The Kier molecular flexibility index (Phi) is 57.7. The highest BCUT2D eigenvalue weighted by atomic mass is 16.6. The van der Waals surface area contributed by atoms with Crippen molar-refractivity contribution in [2.75, 3.05) is 13.2 Å². The van der Waals surface area contributed by atoms with Gasteiger partial charge in [-0.15, -0.1) is 0 Å². The third kappa shape index (κ3) is 56.8. The lowest BCUT2D eigenvalue weighted by atomic mass is 10.0. The van der Waals surface area contributed by atoms with E-state index in [9.17, 15) is 14.4 Å². The fourth-order valence-corrected chi connectivity index (χ4v) is 9.48. The monoisotopic (exact) mass is 985 g/mol. The van der Waals surface area contributed by atoms with E-state index in [-0.39, 0.29) is 31.1 Å². The van der Waals surface area contributed by atoms with Crippen molar-refractivity contribution in [3.63, 3.8) is 0 Å². The minimum atomic E-state index is -0.765. The Bertz CT molecular complexity index is 1130. The number of carbonyl (C=O) groups is 3. The third-order valence-corrected chi connectivity index (χ3v) is 14.2. The molecule has 0 saturated carbocycles. The first-order valence-electron chi connectivity index (χ1n) is 31.3. The van der Waals surface area contributed by atoms with Crippen molar-refractivity contribution in [2.45, 2.75) is 354 Å². The molecule has 1 unspecified atom stereocenters. The van der Waals surface area contributed by atoms with E-state index < -0.39 is 6.10 Å². The Balaban J connectivity index is 4.12. The molecule has 6 heteroatoms. The topological polar surface area (TPSA) is 78.9 Å². The summed E-state index contributed by atoms with van der Waals surface area (Å²) in [5.74, 6) is -0.847. The zero-order valence-electron chi connectivity index (χ0n) is 47.3. The molecule has 0 aromatic heterocycles. The van der Waals surface area contributed by atoms with E-state index in [1.165, 1.54) is 244 Å². The lowest BCUT2D eigenvalue weighted by Gasteiger charge is -2.18. The van der Waals surface area contributed by atoms with Crippen LogP contribution in [0, 0.1) is 0 Å². The summed E-state index contributed by atoms with van der Waals surface area (Å²) in [4.78, 5) is 38.1. The van der Waals surface area contributed by atoms with Crippen molar-refractivity contribution in [1.82, 2.24) is 0 Å². The molecule has 0 aromatic carbocycles. The van der Waals surface area contributed by atoms with Crippen molar-refractivity contribution in [1.29, 1.82) is 0 Å². The fourth-order valence-electron chi connectivity index (χ4n) is 9.48. The molecule has 0 radical (unpaired) electrons. The van der Waals surface area contributed by atoms with Gasteiger partial charge in [-0.1, -0.05) is 302 Å². The first-order chi connectivity index (χ1) is 34.5. The zero-order chi connectivity index (χ0) is 50.7. The molecule has 412 valence electrons. The molecule has 0 aromatic rings. The number of rotatable bonds is 58. The molecular weight excluding hydrogens is 865 g/mol. The fraction of sp³-hybridized carbons (Fsp3) is 0.891. The number of unbranched alkanes of at least 4 members (excludes halogenated alkanes) is 43. The second-order valence-corrected chi connectivity index (χ2v) is 21.3. The molecule has 0 aliphatic carbocycles. The van der Waals surface area contributed by atoms with Crippen LogP contribution in [0.2, 0.25) is 0 Å². The highest BCUT2D eigenvalue weighted by Gasteiger charge is 2.19. The normalized spacial score (nSPS) is 12.1. The van der Waals surface area contributed by atoms with Gasteiger partial charge in [0.2, 0.25) is 0 Å². The highest BCUT2D eigenvalue weighted by molar-refractivity contribution is 5.71. The molecular formula is C64H120O6. The van der Waals surface area contributed by atoms with E-state index >= 15 is 0 Å². The van der Waals surface area contributed by atoms with Crippen LogP contribution >= 0.6 is 0 Å². The summed E-state index contributed by atoms with van der Waals surface area (Å²) in [7, 11) is 0. The van der Waals surface area contributed by atoms with Crippen molar-refractivity contribution >= 4 is 17.9 Å². The van der Waals surface area contributed by atoms with E-state index in [0.29, 0.717) is 19.3 Å². The number of hydrogen-bond acceptors (Lipinski definition) is 6. The number of hydrogen-bond donors (Lipinski definition) is 0. The maximum Gasteiger partial charge on any atom is 0.306 e. The van der Waals surface area contributed by atoms with Crippen molar-refractivity contribution < 1.29 is 28.6 Å². The van der Waals surface area contributed by atoms with E-state index in [4.69, 9.17) is 14.2 Å². The first-order valence-corrected chi connectivity index (χ1v) is 31.3. The molecule has 0 fully saturated rings. The minimum absolute atomic E-state index is 0.0658. The van der Waals surface area contributed by atoms with Gasteiger partial charge in [0.05, 0.1) is 0 Å². The van der Waals surface area contributed by atoms with Gasteiger partial charge in [-0.3, -0.25) is 14.4 Å². The maximum atomic E-state index is 12.9. The van der Waals surface area contributed by atoms with Crippen molar-refractivity contribution in [3.05, 3.63) is 24.3 Å². The number of allylic oxidation sites excluding steroid dienone is 4. The van der Waals surface area contributed by atoms with Crippen molar-refractivity contribution in [2.24, 2.45) is 0 Å². The van der Waals surface area contributed by atoms with Crippen LogP contribution in [0.25, 0.3) is 0 Å². The highest BCUT2D eigenvalue weighted by Crippen LogP contribution is 2.18. The van der Waals surface area contributed by atoms with E-state index in [1.807, 2.05) is 0 Å². The molecule has 0 bridgehead atoms. The summed E-state index contributed by atoms with van der Waals surface area (Å²) in [5, 5.41) is 0. The van der Waals surface area contributed by atoms with Gasteiger partial charge in [0.15, 0.2) is 6.10 Å². The van der Waals surface area contributed by atoms with E-state index in [1.54, 1.807) is 0 Å². The molecule has 0 heterocycles. The second-order valence-electron chi connectivity index (χ2n) is 21.3. The average molecular weight is 986 g/mol. The smallest absolute Gasteiger partial charge is 0.306 e. The van der Waals surface area contributed by atoms with Gasteiger partial charge in [-0.2, -0.15) is 0 Å². The summed E-state index contributed by atoms with van der Waals surface area (Å²) in [5.41, 5.74) is 0. The zero-order valence-corrected chi connectivity index (χ0v) is 47.3. The summed E-state index contributed by atoms with van der Waals surface area (Å²) >= 11 is 0. The molecule has 0 spiro atoms. The molecule has 0 saturated heterocycles. The Labute approximate surface area is 436 Å². The molecule has 0 N–H and O–H groups in total. The SMILES string of the molecule is CCCCCCC/C=C\C/C=C\CCCCCCCCCCCCCCCC(=O)OCC(COC(=O)CCCCCCCCCC)OC(=O)CCCCCCCCCCCCCCCCCCCCC. The number of carbonyl (C=O) groups excluding carboxylic acids is 3. The third-order valence-electron chi connectivity index (χ3n) is 14.2. The average Bonchev–Trinajstić information content (AvgIpc) is 3.36. The van der Waals surface area contributed by atoms with Gasteiger partial charge >= 0.3 is 17.9 Å². The molecule has 0 aliphatic heterocycles. The van der Waals surface area contributed by atoms with Crippen LogP contribution in [-0.4, -0.2) is 37.2 Å².